The second kappa shape index (κ2) is 7.56. The molecule has 0 spiro atoms. The van der Waals surface area contributed by atoms with Gasteiger partial charge in [0.25, 0.3) is 0 Å². The normalized spacial score (nSPS) is 24.9. The van der Waals surface area contributed by atoms with Gasteiger partial charge in [-0.05, 0) is 67.3 Å². The Morgan fingerprint density at radius 2 is 1.67 bits per heavy atom. The monoisotopic (exact) mass is 479 g/mol. The lowest BCUT2D eigenvalue weighted by Gasteiger charge is -2.26. The van der Waals surface area contributed by atoms with Crippen molar-refractivity contribution in [2.24, 2.45) is 0 Å². The van der Waals surface area contributed by atoms with Gasteiger partial charge in [-0.2, -0.15) is 0 Å². The summed E-state index contributed by atoms with van der Waals surface area (Å²) in [5, 5.41) is 2.81. The maximum atomic E-state index is 6.61. The molecule has 3 aromatic carbocycles. The molecule has 152 valence electrons. The maximum absolute atomic E-state index is 6.61. The highest BCUT2D eigenvalue weighted by Gasteiger charge is 2.51. The molecule has 0 unspecified atom stereocenters. The van der Waals surface area contributed by atoms with Gasteiger partial charge >= 0.3 is 0 Å². The van der Waals surface area contributed by atoms with E-state index in [1.165, 1.54) is 22.3 Å². The highest BCUT2D eigenvalue weighted by molar-refractivity contribution is 9.10. The number of nitrogens with zero attached hydrogens (tertiary/aromatic N) is 1. The third-order valence-corrected chi connectivity index (χ3v) is 6.71. The van der Waals surface area contributed by atoms with E-state index in [9.17, 15) is 0 Å². The predicted molar refractivity (Wildman–Crippen MR) is 127 cm³/mol. The van der Waals surface area contributed by atoms with Gasteiger partial charge in [-0.25, -0.2) is 5.06 Å². The standard InChI is InChI=1S/C26H23BrClNO/c1-26(2)24(23-16-22(23)17-7-4-3-5-8-17)25(18-11-13-20(28)14-12-18)29(30-26)21-10-6-9-19(27)15-21/h3-15,22,25H,16H2,1-2H3/b24-23-/t22-,25-/m1/s1. The molecule has 0 N–H and O–H groups in total. The van der Waals surface area contributed by atoms with E-state index < -0.39 is 5.60 Å². The SMILES string of the molecule is CC1(C)ON(c2cccc(Br)c2)[C@H](c2ccc(Cl)cc2)/C1=C1\C[C@@H]1c1ccccc1. The summed E-state index contributed by atoms with van der Waals surface area (Å²) in [5.74, 6) is 0.473. The fourth-order valence-corrected chi connectivity index (χ4v) is 5.09. The zero-order valence-electron chi connectivity index (χ0n) is 17.0. The van der Waals surface area contributed by atoms with Gasteiger partial charge in [0.15, 0.2) is 0 Å². The Hall–Kier alpha value is -2.07. The van der Waals surface area contributed by atoms with Crippen molar-refractivity contribution >= 4 is 33.2 Å². The summed E-state index contributed by atoms with van der Waals surface area (Å²) < 4.78 is 1.03. The van der Waals surface area contributed by atoms with E-state index in [-0.39, 0.29) is 6.04 Å². The molecule has 2 nitrogen and oxygen atoms in total. The van der Waals surface area contributed by atoms with Crippen molar-refractivity contribution in [2.75, 3.05) is 5.06 Å². The molecule has 2 fully saturated rings. The van der Waals surface area contributed by atoms with Crippen LogP contribution in [0.2, 0.25) is 5.02 Å². The van der Waals surface area contributed by atoms with Crippen LogP contribution in [-0.4, -0.2) is 5.60 Å². The molecule has 4 heteroatoms. The lowest BCUT2D eigenvalue weighted by molar-refractivity contribution is 0.0302. The quantitative estimate of drug-likeness (QED) is 0.354. The van der Waals surface area contributed by atoms with E-state index in [2.05, 4.69) is 89.4 Å². The van der Waals surface area contributed by atoms with Gasteiger partial charge in [-0.15, -0.1) is 0 Å². The Morgan fingerprint density at radius 3 is 2.37 bits per heavy atom. The third-order valence-electron chi connectivity index (χ3n) is 5.96. The molecule has 1 heterocycles. The van der Waals surface area contributed by atoms with Gasteiger partial charge in [0.05, 0.1) is 5.69 Å². The zero-order valence-corrected chi connectivity index (χ0v) is 19.3. The van der Waals surface area contributed by atoms with Crippen LogP contribution >= 0.6 is 27.5 Å². The summed E-state index contributed by atoms with van der Waals surface area (Å²) in [4.78, 5) is 6.61. The number of anilines is 1. The Morgan fingerprint density at radius 1 is 0.933 bits per heavy atom. The highest BCUT2D eigenvalue weighted by atomic mass is 79.9. The molecule has 0 radical (unpaired) electrons. The van der Waals surface area contributed by atoms with E-state index in [0.29, 0.717) is 5.92 Å². The third kappa shape index (κ3) is 3.60. The van der Waals surface area contributed by atoms with Gasteiger partial charge in [-0.1, -0.05) is 81.6 Å². The molecule has 3 aromatic rings. The first-order valence-corrected chi connectivity index (χ1v) is 11.4. The lowest BCUT2D eigenvalue weighted by atomic mass is 9.87. The van der Waals surface area contributed by atoms with Crippen molar-refractivity contribution in [3.8, 4) is 0 Å². The number of benzene rings is 3. The Bertz CT molecular complexity index is 1110. The zero-order chi connectivity index (χ0) is 20.9. The molecule has 1 saturated heterocycles. The van der Waals surface area contributed by atoms with Crippen molar-refractivity contribution in [3.05, 3.63) is 111 Å². The van der Waals surface area contributed by atoms with E-state index >= 15 is 0 Å². The molecule has 1 aliphatic carbocycles. The first kappa shape index (κ1) is 19.9. The summed E-state index contributed by atoms with van der Waals surface area (Å²) in [6, 6.07) is 27.2. The summed E-state index contributed by atoms with van der Waals surface area (Å²) >= 11 is 9.81. The van der Waals surface area contributed by atoms with E-state index in [4.69, 9.17) is 16.4 Å². The average Bonchev–Trinajstić information content (AvgIpc) is 3.46. The maximum Gasteiger partial charge on any atom is 0.114 e. The minimum Gasteiger partial charge on any atom is -0.262 e. The molecule has 5 rings (SSSR count). The van der Waals surface area contributed by atoms with E-state index in [0.717, 1.165) is 21.6 Å². The van der Waals surface area contributed by atoms with Crippen LogP contribution in [-0.2, 0) is 4.84 Å². The second-order valence-electron chi connectivity index (χ2n) is 8.47. The number of halogens is 2. The summed E-state index contributed by atoms with van der Waals surface area (Å²) in [7, 11) is 0. The van der Waals surface area contributed by atoms with Crippen molar-refractivity contribution in [2.45, 2.75) is 37.8 Å². The van der Waals surface area contributed by atoms with Crippen LogP contribution in [0.1, 0.15) is 43.4 Å². The Labute approximate surface area is 191 Å². The molecule has 0 aromatic heterocycles. The minimum atomic E-state index is -0.397. The lowest BCUT2D eigenvalue weighted by Crippen LogP contribution is -2.25. The first-order chi connectivity index (χ1) is 14.4. The van der Waals surface area contributed by atoms with Crippen LogP contribution < -0.4 is 5.06 Å². The molecule has 0 bridgehead atoms. The summed E-state index contributed by atoms with van der Waals surface area (Å²) in [5.41, 5.74) is 6.05. The fraction of sp³-hybridized carbons (Fsp3) is 0.231. The van der Waals surface area contributed by atoms with Crippen molar-refractivity contribution in [3.63, 3.8) is 0 Å². The molecule has 0 amide bonds. The van der Waals surface area contributed by atoms with E-state index in [1.54, 1.807) is 0 Å². The van der Waals surface area contributed by atoms with Gasteiger partial charge in [-0.3, -0.25) is 4.84 Å². The topological polar surface area (TPSA) is 12.5 Å². The predicted octanol–water partition coefficient (Wildman–Crippen LogP) is 7.86. The fourth-order valence-electron chi connectivity index (χ4n) is 4.58. The van der Waals surface area contributed by atoms with Gasteiger partial charge in [0, 0.05) is 15.4 Å². The molecule has 2 atom stereocenters. The molecule has 1 aliphatic heterocycles. The molecule has 2 aliphatic rings. The van der Waals surface area contributed by atoms with Gasteiger partial charge in [0.2, 0.25) is 0 Å². The molecule has 30 heavy (non-hydrogen) atoms. The smallest absolute Gasteiger partial charge is 0.114 e. The van der Waals surface area contributed by atoms with Crippen LogP contribution in [0.3, 0.4) is 0 Å². The van der Waals surface area contributed by atoms with Crippen LogP contribution in [0.15, 0.2) is 94.5 Å². The van der Waals surface area contributed by atoms with Crippen LogP contribution in [0.4, 0.5) is 5.69 Å². The van der Waals surface area contributed by atoms with Gasteiger partial charge < -0.3 is 0 Å². The summed E-state index contributed by atoms with van der Waals surface area (Å²) in [6.07, 6.45) is 1.09. The number of allylic oxidation sites excluding steroid dienone is 1. The second-order valence-corrected chi connectivity index (χ2v) is 9.82. The average molecular weight is 481 g/mol. The number of hydroxylamine groups is 1. The number of rotatable bonds is 3. The van der Waals surface area contributed by atoms with Crippen molar-refractivity contribution < 1.29 is 4.84 Å². The van der Waals surface area contributed by atoms with E-state index in [1.807, 2.05) is 24.3 Å². The Kier molecular flexibility index (Phi) is 5.01. The van der Waals surface area contributed by atoms with Crippen molar-refractivity contribution in [1.29, 1.82) is 0 Å². The summed E-state index contributed by atoms with van der Waals surface area (Å²) in [6.45, 7) is 4.35. The first-order valence-electron chi connectivity index (χ1n) is 10.2. The minimum absolute atomic E-state index is 0.00952. The van der Waals surface area contributed by atoms with Gasteiger partial charge in [0.1, 0.15) is 11.6 Å². The molecular weight excluding hydrogens is 458 g/mol. The highest BCUT2D eigenvalue weighted by Crippen LogP contribution is 2.58. The largest absolute Gasteiger partial charge is 0.262 e. The number of hydrogen-bond acceptors (Lipinski definition) is 2. The number of hydrogen-bond donors (Lipinski definition) is 0. The van der Waals surface area contributed by atoms with Crippen LogP contribution in [0, 0.1) is 0 Å². The molecule has 1 saturated carbocycles. The molecular formula is C26H23BrClNO. The van der Waals surface area contributed by atoms with Crippen LogP contribution in [0.25, 0.3) is 0 Å². The Balaban J connectivity index is 1.64. The van der Waals surface area contributed by atoms with Crippen LogP contribution in [0.5, 0.6) is 0 Å². The van der Waals surface area contributed by atoms with Crippen molar-refractivity contribution in [1.82, 2.24) is 0 Å².